The molecule has 1 rings (SSSR count). The quantitative estimate of drug-likeness (QED) is 0.474. The van der Waals surface area contributed by atoms with Crippen LogP contribution in [0.15, 0.2) is 24.3 Å². The topological polar surface area (TPSA) is 113 Å². The van der Waals surface area contributed by atoms with Crippen LogP contribution in [0.25, 0.3) is 0 Å². The van der Waals surface area contributed by atoms with Crippen LogP contribution in [0.4, 0.5) is 4.79 Å². The van der Waals surface area contributed by atoms with Crippen LogP contribution in [-0.2, 0) is 0 Å². The van der Waals surface area contributed by atoms with Crippen molar-refractivity contribution in [1.82, 2.24) is 5.32 Å². The Balaban J connectivity index is 2.80. The van der Waals surface area contributed by atoms with Crippen LogP contribution < -0.4 is 15.4 Å². The Kier molecular flexibility index (Phi) is 3.85. The molecule has 0 radical (unpaired) electrons. The standard InChI is InChI=1S/C8H9AsN2O4/c10-8(13)11-7(12)5-1-3-6(4-2-5)9(14)15/h1-4,14-15H,(H3,10,11,12,13). The minimum atomic E-state index is -2.90. The number of imide groups is 1. The zero-order valence-electron chi connectivity index (χ0n) is 7.54. The molecule has 0 atom stereocenters. The number of nitrogens with one attached hydrogen (secondary N) is 1. The molecule has 0 fully saturated rings. The average Bonchev–Trinajstić information content (AvgIpc) is 2.17. The van der Waals surface area contributed by atoms with Gasteiger partial charge in [0.15, 0.2) is 0 Å². The van der Waals surface area contributed by atoms with Gasteiger partial charge in [0, 0.05) is 0 Å². The molecule has 0 aliphatic carbocycles. The first-order chi connectivity index (χ1) is 7.00. The zero-order chi connectivity index (χ0) is 11.4. The van der Waals surface area contributed by atoms with Gasteiger partial charge in [-0.3, -0.25) is 0 Å². The fourth-order valence-electron chi connectivity index (χ4n) is 0.930. The van der Waals surface area contributed by atoms with Gasteiger partial charge in [-0.25, -0.2) is 0 Å². The van der Waals surface area contributed by atoms with Crippen LogP contribution >= 0.6 is 0 Å². The summed E-state index contributed by atoms with van der Waals surface area (Å²) in [6.45, 7) is 0. The molecule has 3 amide bonds. The molecule has 0 aliphatic rings. The Labute approximate surface area is 90.7 Å². The number of hydrogen-bond acceptors (Lipinski definition) is 4. The predicted molar refractivity (Wildman–Crippen MR) is 53.3 cm³/mol. The van der Waals surface area contributed by atoms with Crippen LogP contribution in [0.2, 0.25) is 0 Å². The van der Waals surface area contributed by atoms with Crippen molar-refractivity contribution in [2.45, 2.75) is 0 Å². The van der Waals surface area contributed by atoms with Crippen LogP contribution in [0, 0.1) is 0 Å². The van der Waals surface area contributed by atoms with Gasteiger partial charge in [-0.05, 0) is 0 Å². The Bertz CT molecular complexity index is 377. The molecule has 7 heteroatoms. The Morgan fingerprint density at radius 2 is 1.73 bits per heavy atom. The summed E-state index contributed by atoms with van der Waals surface area (Å²) in [6, 6.07) is 4.70. The SMILES string of the molecule is NC(=O)NC(=O)c1ccc([As](O)O)cc1. The molecular weight excluding hydrogens is 263 g/mol. The molecule has 0 saturated heterocycles. The molecule has 80 valence electrons. The summed E-state index contributed by atoms with van der Waals surface area (Å²) in [5.41, 5.74) is 5.00. The molecule has 0 aromatic heterocycles. The second kappa shape index (κ2) is 4.93. The molecule has 0 spiro atoms. The van der Waals surface area contributed by atoms with Crippen LogP contribution in [-0.4, -0.2) is 35.5 Å². The Hall–Kier alpha value is -1.36. The van der Waals surface area contributed by atoms with Crippen molar-refractivity contribution in [3.8, 4) is 0 Å². The average molecular weight is 272 g/mol. The summed E-state index contributed by atoms with van der Waals surface area (Å²) < 4.78 is 18.3. The van der Waals surface area contributed by atoms with Crippen molar-refractivity contribution >= 4 is 31.6 Å². The zero-order valence-corrected chi connectivity index (χ0v) is 9.42. The van der Waals surface area contributed by atoms with Crippen molar-refractivity contribution in [3.63, 3.8) is 0 Å². The van der Waals surface area contributed by atoms with E-state index in [4.69, 9.17) is 13.9 Å². The summed E-state index contributed by atoms with van der Waals surface area (Å²) in [7, 11) is 0. The molecule has 0 bridgehead atoms. The maximum atomic E-state index is 11.2. The van der Waals surface area contributed by atoms with Crippen molar-refractivity contribution in [2.24, 2.45) is 5.73 Å². The first-order valence-electron chi connectivity index (χ1n) is 3.89. The van der Waals surface area contributed by atoms with Crippen molar-refractivity contribution in [3.05, 3.63) is 29.8 Å². The summed E-state index contributed by atoms with van der Waals surface area (Å²) in [5, 5.41) is 1.89. The monoisotopic (exact) mass is 272 g/mol. The van der Waals surface area contributed by atoms with Gasteiger partial charge in [0.1, 0.15) is 0 Å². The molecule has 1 aromatic carbocycles. The normalized spacial score (nSPS) is 10.1. The van der Waals surface area contributed by atoms with Gasteiger partial charge in [-0.1, -0.05) is 0 Å². The van der Waals surface area contributed by atoms with E-state index in [2.05, 4.69) is 0 Å². The van der Waals surface area contributed by atoms with E-state index < -0.39 is 27.3 Å². The molecular formula is C8H9AsN2O4. The van der Waals surface area contributed by atoms with Gasteiger partial charge in [-0.2, -0.15) is 0 Å². The number of carbonyl (C=O) groups is 2. The van der Waals surface area contributed by atoms with Crippen molar-refractivity contribution in [2.75, 3.05) is 0 Å². The third-order valence-electron chi connectivity index (χ3n) is 1.60. The number of carbonyl (C=O) groups excluding carboxylic acids is 2. The molecule has 0 unspecified atom stereocenters. The maximum absolute atomic E-state index is 11.2. The summed E-state index contributed by atoms with van der Waals surface area (Å²) >= 11 is -2.90. The summed E-state index contributed by atoms with van der Waals surface area (Å²) in [4.78, 5) is 21.6. The fourth-order valence-corrected chi connectivity index (χ4v) is 1.80. The van der Waals surface area contributed by atoms with Gasteiger partial charge in [0.2, 0.25) is 0 Å². The molecule has 0 saturated carbocycles. The number of hydrogen-bond donors (Lipinski definition) is 4. The van der Waals surface area contributed by atoms with Gasteiger partial charge in [0.25, 0.3) is 0 Å². The van der Waals surface area contributed by atoms with Gasteiger partial charge in [-0.15, -0.1) is 0 Å². The third-order valence-corrected chi connectivity index (χ3v) is 3.19. The molecule has 15 heavy (non-hydrogen) atoms. The minimum absolute atomic E-state index is 0.230. The molecule has 1 aromatic rings. The van der Waals surface area contributed by atoms with Crippen LogP contribution in [0.5, 0.6) is 0 Å². The van der Waals surface area contributed by atoms with E-state index in [-0.39, 0.29) is 5.56 Å². The summed E-state index contributed by atoms with van der Waals surface area (Å²) in [5.74, 6) is -0.621. The van der Waals surface area contributed by atoms with E-state index in [1.807, 2.05) is 5.32 Å². The number of rotatable bonds is 2. The molecule has 6 nitrogen and oxygen atoms in total. The van der Waals surface area contributed by atoms with Gasteiger partial charge >= 0.3 is 90.3 Å². The van der Waals surface area contributed by atoms with E-state index in [9.17, 15) is 9.59 Å². The summed E-state index contributed by atoms with van der Waals surface area (Å²) in [6.07, 6.45) is 0. The van der Waals surface area contributed by atoms with Gasteiger partial charge < -0.3 is 0 Å². The molecule has 5 N–H and O–H groups in total. The second-order valence-corrected chi connectivity index (χ2v) is 4.95. The van der Waals surface area contributed by atoms with Gasteiger partial charge in [0.05, 0.1) is 0 Å². The fraction of sp³-hybridized carbons (Fsp3) is 0. The Morgan fingerprint density at radius 3 is 2.13 bits per heavy atom. The van der Waals surface area contributed by atoms with E-state index >= 15 is 0 Å². The van der Waals surface area contributed by atoms with Crippen molar-refractivity contribution < 1.29 is 17.8 Å². The number of nitrogens with two attached hydrogens (primary N) is 1. The number of primary amides is 1. The van der Waals surface area contributed by atoms with E-state index in [1.54, 1.807) is 0 Å². The van der Waals surface area contributed by atoms with E-state index in [0.717, 1.165) is 0 Å². The van der Waals surface area contributed by atoms with Crippen molar-refractivity contribution in [1.29, 1.82) is 0 Å². The Morgan fingerprint density at radius 1 is 1.20 bits per heavy atom. The first-order valence-corrected chi connectivity index (χ1v) is 6.51. The number of urea groups is 1. The van der Waals surface area contributed by atoms with E-state index in [0.29, 0.717) is 4.35 Å². The second-order valence-electron chi connectivity index (χ2n) is 2.65. The van der Waals surface area contributed by atoms with E-state index in [1.165, 1.54) is 24.3 Å². The van der Waals surface area contributed by atoms with Crippen LogP contribution in [0.3, 0.4) is 0 Å². The predicted octanol–water partition coefficient (Wildman–Crippen LogP) is -1.83. The molecule has 0 aliphatic heterocycles. The first kappa shape index (κ1) is 11.7. The third kappa shape index (κ3) is 3.36. The molecule has 0 heterocycles. The van der Waals surface area contributed by atoms with Crippen LogP contribution in [0.1, 0.15) is 10.4 Å². The number of benzene rings is 1. The number of amides is 3.